The monoisotopic (exact) mass is 331 g/mol. The van der Waals surface area contributed by atoms with Crippen molar-refractivity contribution >= 4 is 23.5 Å². The summed E-state index contributed by atoms with van der Waals surface area (Å²) in [6, 6.07) is 3.20. The number of hydrazine groups is 1. The summed E-state index contributed by atoms with van der Waals surface area (Å²) in [6.45, 7) is 1.77. The Labute approximate surface area is 128 Å². The zero-order chi connectivity index (χ0) is 17.0. The van der Waals surface area contributed by atoms with E-state index >= 15 is 0 Å². The quantitative estimate of drug-likeness (QED) is 0.791. The first-order valence-corrected chi connectivity index (χ1v) is 6.27. The van der Waals surface area contributed by atoms with Gasteiger partial charge in [-0.15, -0.1) is 13.2 Å². The second-order valence-corrected chi connectivity index (χ2v) is 4.49. The van der Waals surface area contributed by atoms with Crippen LogP contribution in [-0.4, -0.2) is 35.7 Å². The van der Waals surface area contributed by atoms with Crippen molar-refractivity contribution in [2.45, 2.75) is 13.3 Å². The Balaban J connectivity index is 1.90. The maximum atomic E-state index is 12.0. The minimum atomic E-state index is -4.78. The summed E-state index contributed by atoms with van der Waals surface area (Å²) in [5.41, 5.74) is 5.27. The van der Waals surface area contributed by atoms with E-state index in [-0.39, 0.29) is 12.2 Å². The third kappa shape index (κ3) is 5.05. The minimum Gasteiger partial charge on any atom is -0.406 e. The zero-order valence-corrected chi connectivity index (χ0v) is 11.8. The Bertz CT molecular complexity index is 630. The Morgan fingerprint density at radius 3 is 2.61 bits per heavy atom. The van der Waals surface area contributed by atoms with Gasteiger partial charge in [-0.25, -0.2) is 25.4 Å². The number of urea groups is 2. The molecule has 0 unspecified atom stereocenters. The fraction of sp³-hybridized carbons (Fsp3) is 0.250. The van der Waals surface area contributed by atoms with Gasteiger partial charge in [0.15, 0.2) is 0 Å². The predicted octanol–water partition coefficient (Wildman–Crippen LogP) is 2.02. The number of rotatable bonds is 3. The average Bonchev–Trinajstić information content (AvgIpc) is 2.43. The molecule has 8 nitrogen and oxygen atoms in total. The Hall–Kier alpha value is -2.98. The van der Waals surface area contributed by atoms with Gasteiger partial charge in [0.1, 0.15) is 5.75 Å². The van der Waals surface area contributed by atoms with Crippen molar-refractivity contribution in [1.29, 1.82) is 0 Å². The van der Waals surface area contributed by atoms with Crippen molar-refractivity contribution in [1.82, 2.24) is 15.9 Å². The first-order chi connectivity index (χ1) is 10.7. The number of hydrogen-bond acceptors (Lipinski definition) is 4. The van der Waals surface area contributed by atoms with Crippen LogP contribution in [0.5, 0.6) is 5.75 Å². The molecule has 0 aromatic heterocycles. The highest BCUT2D eigenvalue weighted by atomic mass is 19.4. The molecule has 0 fully saturated rings. The molecule has 0 bridgehead atoms. The highest BCUT2D eigenvalue weighted by Crippen LogP contribution is 2.23. The lowest BCUT2D eigenvalue weighted by atomic mass is 10.3. The van der Waals surface area contributed by atoms with E-state index in [1.165, 1.54) is 12.1 Å². The van der Waals surface area contributed by atoms with Gasteiger partial charge in [-0.3, -0.25) is 0 Å². The van der Waals surface area contributed by atoms with Gasteiger partial charge in [0.05, 0.1) is 12.3 Å². The van der Waals surface area contributed by atoms with Crippen LogP contribution in [0, 0.1) is 0 Å². The Kier molecular flexibility index (Phi) is 4.57. The first-order valence-electron chi connectivity index (χ1n) is 6.27. The lowest BCUT2D eigenvalue weighted by Crippen LogP contribution is -2.55. The number of benzene rings is 1. The summed E-state index contributed by atoms with van der Waals surface area (Å²) in [7, 11) is 0. The van der Waals surface area contributed by atoms with E-state index in [9.17, 15) is 22.8 Å². The van der Waals surface area contributed by atoms with Crippen molar-refractivity contribution in [3.63, 3.8) is 0 Å². The van der Waals surface area contributed by atoms with E-state index in [2.05, 4.69) is 26.0 Å². The summed E-state index contributed by atoms with van der Waals surface area (Å²) in [4.78, 5) is 23.2. The van der Waals surface area contributed by atoms with Crippen molar-refractivity contribution in [2.24, 2.45) is 5.10 Å². The third-order valence-electron chi connectivity index (χ3n) is 2.56. The van der Waals surface area contributed by atoms with E-state index in [4.69, 9.17) is 0 Å². The minimum absolute atomic E-state index is 0.109. The molecule has 1 aromatic carbocycles. The number of carbonyl (C=O) groups is 2. The van der Waals surface area contributed by atoms with E-state index in [1.54, 1.807) is 6.92 Å². The SMILES string of the molecule is CC1=NNC(=O)N(NC(=O)Nc2ccc(OC(F)(F)F)cc2)C1. The topological polar surface area (TPSA) is 95.1 Å². The van der Waals surface area contributed by atoms with Crippen LogP contribution in [0.15, 0.2) is 29.4 Å². The van der Waals surface area contributed by atoms with Crippen LogP contribution in [0.2, 0.25) is 0 Å². The van der Waals surface area contributed by atoms with Crippen molar-refractivity contribution in [2.75, 3.05) is 11.9 Å². The molecule has 0 spiro atoms. The van der Waals surface area contributed by atoms with E-state index in [1.807, 2.05) is 0 Å². The molecule has 4 amide bonds. The van der Waals surface area contributed by atoms with Crippen LogP contribution in [-0.2, 0) is 0 Å². The number of halogens is 3. The maximum Gasteiger partial charge on any atom is 0.573 e. The molecule has 1 heterocycles. The fourth-order valence-electron chi connectivity index (χ4n) is 1.65. The fourth-order valence-corrected chi connectivity index (χ4v) is 1.65. The molecule has 1 aliphatic heterocycles. The lowest BCUT2D eigenvalue weighted by molar-refractivity contribution is -0.274. The standard InChI is InChI=1S/C12H12F3N5O3/c1-7-6-20(11(22)18-17-7)19-10(21)16-8-2-4-9(5-3-8)23-12(13,14)15/h2-5H,6H2,1H3,(H,18,22)(H2,16,19,21). The van der Waals surface area contributed by atoms with Gasteiger partial charge in [-0.05, 0) is 31.2 Å². The van der Waals surface area contributed by atoms with Crippen molar-refractivity contribution in [3.05, 3.63) is 24.3 Å². The van der Waals surface area contributed by atoms with Crippen LogP contribution in [0.3, 0.4) is 0 Å². The van der Waals surface area contributed by atoms with E-state index in [0.717, 1.165) is 17.1 Å². The van der Waals surface area contributed by atoms with Crippen molar-refractivity contribution in [3.8, 4) is 5.75 Å². The normalized spacial score (nSPS) is 14.7. The maximum absolute atomic E-state index is 12.0. The largest absolute Gasteiger partial charge is 0.573 e. The van der Waals surface area contributed by atoms with Gasteiger partial charge in [-0.2, -0.15) is 5.10 Å². The van der Waals surface area contributed by atoms with E-state index < -0.39 is 24.2 Å². The highest BCUT2D eigenvalue weighted by Gasteiger charge is 2.31. The second kappa shape index (κ2) is 6.42. The number of hydrogen-bond donors (Lipinski definition) is 3. The number of amides is 4. The summed E-state index contributed by atoms with van der Waals surface area (Å²) < 4.78 is 39.8. The second-order valence-electron chi connectivity index (χ2n) is 4.49. The molecular formula is C12H12F3N5O3. The third-order valence-corrected chi connectivity index (χ3v) is 2.56. The van der Waals surface area contributed by atoms with Crippen molar-refractivity contribution < 1.29 is 27.5 Å². The molecule has 0 radical (unpaired) electrons. The average molecular weight is 331 g/mol. The van der Waals surface area contributed by atoms with Crippen LogP contribution in [0.1, 0.15) is 6.92 Å². The molecular weight excluding hydrogens is 319 g/mol. The number of nitrogens with one attached hydrogen (secondary N) is 3. The molecule has 3 N–H and O–H groups in total. The molecule has 2 rings (SSSR count). The van der Waals surface area contributed by atoms with Gasteiger partial charge in [0, 0.05) is 5.69 Å². The van der Waals surface area contributed by atoms with Gasteiger partial charge >= 0.3 is 18.4 Å². The number of ether oxygens (including phenoxy) is 1. The number of anilines is 1. The molecule has 0 aliphatic carbocycles. The summed E-state index contributed by atoms with van der Waals surface area (Å²) >= 11 is 0. The molecule has 0 saturated carbocycles. The summed E-state index contributed by atoms with van der Waals surface area (Å²) in [5, 5.41) is 7.05. The molecule has 124 valence electrons. The molecule has 0 saturated heterocycles. The van der Waals surface area contributed by atoms with E-state index in [0.29, 0.717) is 5.71 Å². The molecule has 1 aromatic rings. The number of nitrogens with zero attached hydrogens (tertiary/aromatic N) is 2. The smallest absolute Gasteiger partial charge is 0.406 e. The molecule has 1 aliphatic rings. The highest BCUT2D eigenvalue weighted by molar-refractivity contribution is 5.95. The number of carbonyl (C=O) groups excluding carboxylic acids is 2. The van der Waals surface area contributed by atoms with Crippen LogP contribution in [0.25, 0.3) is 0 Å². The number of alkyl halides is 3. The van der Waals surface area contributed by atoms with Crippen LogP contribution >= 0.6 is 0 Å². The summed E-state index contributed by atoms with van der Waals surface area (Å²) in [6.07, 6.45) is -4.78. The van der Waals surface area contributed by atoms with Gasteiger partial charge in [-0.1, -0.05) is 0 Å². The van der Waals surface area contributed by atoms with Crippen LogP contribution in [0.4, 0.5) is 28.4 Å². The molecule has 11 heteroatoms. The predicted molar refractivity (Wildman–Crippen MR) is 73.6 cm³/mol. The lowest BCUT2D eigenvalue weighted by Gasteiger charge is -2.25. The Morgan fingerprint density at radius 2 is 2.00 bits per heavy atom. The van der Waals surface area contributed by atoms with Gasteiger partial charge in [0.25, 0.3) is 0 Å². The molecule has 23 heavy (non-hydrogen) atoms. The first kappa shape index (κ1) is 16.4. The molecule has 0 atom stereocenters. The zero-order valence-electron chi connectivity index (χ0n) is 11.8. The summed E-state index contributed by atoms with van der Waals surface area (Å²) in [5.74, 6) is -0.411. The Morgan fingerprint density at radius 1 is 1.35 bits per heavy atom. The van der Waals surface area contributed by atoms with Crippen LogP contribution < -0.4 is 20.9 Å². The van der Waals surface area contributed by atoms with Gasteiger partial charge in [0.2, 0.25) is 0 Å². The van der Waals surface area contributed by atoms with Gasteiger partial charge < -0.3 is 10.1 Å². The number of hydrazone groups is 1.